The van der Waals surface area contributed by atoms with Crippen molar-refractivity contribution in [3.8, 4) is 28.6 Å². The molecule has 0 saturated carbocycles. The first-order valence-corrected chi connectivity index (χ1v) is 15.7. The van der Waals surface area contributed by atoms with Crippen LogP contribution >= 0.6 is 11.6 Å². The lowest BCUT2D eigenvalue weighted by atomic mass is 9.96. The molecule has 242 valence electrons. The Morgan fingerprint density at radius 2 is 1.74 bits per heavy atom. The molecule has 1 N–H and O–H groups in total. The van der Waals surface area contributed by atoms with Crippen LogP contribution in [0.25, 0.3) is 22.3 Å². The summed E-state index contributed by atoms with van der Waals surface area (Å²) in [5, 5.41) is 8.13. The molecule has 0 unspecified atom stereocenters. The van der Waals surface area contributed by atoms with Gasteiger partial charge in [0, 0.05) is 11.3 Å². The SMILES string of the molecule is CCOc1cc(C=Nn2c(-c3cc(C(C)C)c(OC)cc3C)nc3ccccc3c2=O)cc(Cl)c1OCC(=O)Nc1ccccc1C. The zero-order valence-electron chi connectivity index (χ0n) is 27.3. The van der Waals surface area contributed by atoms with Crippen LogP contribution in [-0.4, -0.2) is 42.1 Å². The van der Waals surface area contributed by atoms with Crippen molar-refractivity contribution in [3.05, 3.63) is 110 Å². The highest BCUT2D eigenvalue weighted by Crippen LogP contribution is 2.37. The van der Waals surface area contributed by atoms with Crippen LogP contribution in [-0.2, 0) is 4.79 Å². The molecular weight excluding hydrogens is 616 g/mol. The minimum atomic E-state index is -0.339. The molecule has 5 rings (SSSR count). The van der Waals surface area contributed by atoms with Crippen molar-refractivity contribution < 1.29 is 19.0 Å². The van der Waals surface area contributed by atoms with Crippen molar-refractivity contribution in [2.75, 3.05) is 25.6 Å². The van der Waals surface area contributed by atoms with E-state index in [-0.39, 0.29) is 34.8 Å². The number of methoxy groups -OCH3 is 1. The van der Waals surface area contributed by atoms with Crippen LogP contribution < -0.4 is 25.1 Å². The minimum absolute atomic E-state index is 0.168. The van der Waals surface area contributed by atoms with Crippen LogP contribution in [0.5, 0.6) is 17.2 Å². The fraction of sp³-hybridized carbons (Fsp3) is 0.243. The zero-order valence-corrected chi connectivity index (χ0v) is 28.0. The normalized spacial score (nSPS) is 11.3. The summed E-state index contributed by atoms with van der Waals surface area (Å²) in [6.07, 6.45) is 1.52. The van der Waals surface area contributed by atoms with Crippen LogP contribution in [0.4, 0.5) is 5.69 Å². The van der Waals surface area contributed by atoms with Crippen LogP contribution in [0, 0.1) is 13.8 Å². The summed E-state index contributed by atoms with van der Waals surface area (Å²) < 4.78 is 18.6. The number of amides is 1. The lowest BCUT2D eigenvalue weighted by Crippen LogP contribution is -2.21. The van der Waals surface area contributed by atoms with Gasteiger partial charge < -0.3 is 19.5 Å². The topological polar surface area (TPSA) is 104 Å². The third-order valence-corrected chi connectivity index (χ3v) is 7.89. The Kier molecular flexibility index (Phi) is 10.3. The summed E-state index contributed by atoms with van der Waals surface area (Å²) in [7, 11) is 1.65. The average molecular weight is 653 g/mol. The van der Waals surface area contributed by atoms with Gasteiger partial charge in [0.25, 0.3) is 11.5 Å². The molecule has 0 saturated heterocycles. The monoisotopic (exact) mass is 652 g/mol. The molecule has 0 aliphatic rings. The van der Waals surface area contributed by atoms with Crippen LogP contribution in [0.1, 0.15) is 48.9 Å². The molecule has 1 heterocycles. The van der Waals surface area contributed by atoms with E-state index in [1.807, 2.05) is 69.3 Å². The Balaban J connectivity index is 1.52. The van der Waals surface area contributed by atoms with Gasteiger partial charge in [-0.3, -0.25) is 9.59 Å². The number of hydrogen-bond donors (Lipinski definition) is 1. The molecular formula is C37H37ClN4O5. The second-order valence-electron chi connectivity index (χ2n) is 11.3. The van der Waals surface area contributed by atoms with Gasteiger partial charge in [-0.25, -0.2) is 4.98 Å². The minimum Gasteiger partial charge on any atom is -0.496 e. The maximum absolute atomic E-state index is 13.9. The van der Waals surface area contributed by atoms with Crippen molar-refractivity contribution in [1.29, 1.82) is 0 Å². The fourth-order valence-electron chi connectivity index (χ4n) is 5.20. The summed E-state index contributed by atoms with van der Waals surface area (Å²) in [6.45, 7) is 9.91. The molecule has 0 aliphatic heterocycles. The number of benzene rings is 4. The largest absolute Gasteiger partial charge is 0.496 e. The van der Waals surface area contributed by atoms with E-state index < -0.39 is 0 Å². The van der Waals surface area contributed by atoms with E-state index in [1.54, 1.807) is 31.4 Å². The van der Waals surface area contributed by atoms with Gasteiger partial charge >= 0.3 is 0 Å². The number of rotatable bonds is 11. The highest BCUT2D eigenvalue weighted by Gasteiger charge is 2.19. The number of hydrogen-bond acceptors (Lipinski definition) is 7. The molecule has 4 aromatic carbocycles. The summed E-state index contributed by atoms with van der Waals surface area (Å²) in [5.41, 5.74) is 5.06. The molecule has 0 bridgehead atoms. The first-order valence-electron chi connectivity index (χ1n) is 15.3. The maximum Gasteiger partial charge on any atom is 0.282 e. The summed E-state index contributed by atoms with van der Waals surface area (Å²) in [5.74, 6) is 1.55. The molecule has 1 amide bonds. The maximum atomic E-state index is 13.9. The Morgan fingerprint density at radius 3 is 2.47 bits per heavy atom. The van der Waals surface area contributed by atoms with Crippen molar-refractivity contribution in [3.63, 3.8) is 0 Å². The Labute approximate surface area is 278 Å². The third-order valence-electron chi connectivity index (χ3n) is 7.61. The number of aryl methyl sites for hydroxylation is 2. The summed E-state index contributed by atoms with van der Waals surface area (Å²) in [6, 6.07) is 21.9. The predicted octanol–water partition coefficient (Wildman–Crippen LogP) is 7.76. The standard InChI is InChI=1S/C37H37ClN4O5/c1-7-46-33-18-25(17-29(38)35(33)47-21-34(43)40-30-14-10-8-12-23(30)4)20-39-42-36(41-31-15-11-9-13-26(31)37(42)44)28-19-27(22(2)3)32(45-6)16-24(28)5/h8-20,22H,7,21H2,1-6H3,(H,40,43). The van der Waals surface area contributed by atoms with Gasteiger partial charge in [-0.05, 0) is 91.4 Å². The van der Waals surface area contributed by atoms with Gasteiger partial charge in [-0.1, -0.05) is 55.8 Å². The fourth-order valence-corrected chi connectivity index (χ4v) is 5.47. The van der Waals surface area contributed by atoms with E-state index >= 15 is 0 Å². The number of aromatic nitrogens is 2. The van der Waals surface area contributed by atoms with Crippen molar-refractivity contribution in [2.24, 2.45) is 5.10 Å². The number of carbonyl (C=O) groups excluding carboxylic acids is 1. The third kappa shape index (κ3) is 7.31. The molecule has 10 heteroatoms. The van der Waals surface area contributed by atoms with E-state index in [2.05, 4.69) is 24.3 Å². The van der Waals surface area contributed by atoms with Gasteiger partial charge in [0.05, 0.1) is 35.9 Å². The van der Waals surface area contributed by atoms with E-state index in [0.717, 1.165) is 28.0 Å². The van der Waals surface area contributed by atoms with E-state index in [4.69, 9.17) is 30.8 Å². The average Bonchev–Trinajstić information content (AvgIpc) is 3.04. The molecule has 0 spiro atoms. The first-order chi connectivity index (χ1) is 22.6. The quantitative estimate of drug-likeness (QED) is 0.146. The lowest BCUT2D eigenvalue weighted by Gasteiger charge is -2.17. The van der Waals surface area contributed by atoms with Crippen molar-refractivity contribution in [1.82, 2.24) is 9.66 Å². The molecule has 0 fully saturated rings. The number of halogens is 1. The molecule has 0 atom stereocenters. The first kappa shape index (κ1) is 33.2. The number of para-hydroxylation sites is 2. The van der Waals surface area contributed by atoms with E-state index in [9.17, 15) is 9.59 Å². The molecule has 0 aliphatic carbocycles. The van der Waals surface area contributed by atoms with Gasteiger partial charge in [0.2, 0.25) is 0 Å². The van der Waals surface area contributed by atoms with Crippen molar-refractivity contribution >= 4 is 40.3 Å². The Hall–Kier alpha value is -5.15. The van der Waals surface area contributed by atoms with Gasteiger partial charge in [0.15, 0.2) is 23.9 Å². The van der Waals surface area contributed by atoms with Gasteiger partial charge in [0.1, 0.15) is 5.75 Å². The number of nitrogens with zero attached hydrogens (tertiary/aromatic N) is 3. The molecule has 47 heavy (non-hydrogen) atoms. The van der Waals surface area contributed by atoms with Crippen molar-refractivity contribution in [2.45, 2.75) is 40.5 Å². The second kappa shape index (κ2) is 14.5. The Bertz CT molecular complexity index is 2040. The number of ether oxygens (including phenoxy) is 3. The number of anilines is 1. The number of fused-ring (bicyclic) bond motifs is 1. The van der Waals surface area contributed by atoms with E-state index in [0.29, 0.717) is 40.3 Å². The van der Waals surface area contributed by atoms with E-state index in [1.165, 1.54) is 10.9 Å². The Morgan fingerprint density at radius 1 is 1.00 bits per heavy atom. The zero-order chi connectivity index (χ0) is 33.7. The molecule has 1 aromatic heterocycles. The van der Waals surface area contributed by atoms with Crippen LogP contribution in [0.15, 0.2) is 82.7 Å². The molecule has 0 radical (unpaired) electrons. The lowest BCUT2D eigenvalue weighted by molar-refractivity contribution is -0.118. The van der Waals surface area contributed by atoms with Crippen LogP contribution in [0.3, 0.4) is 0 Å². The predicted molar refractivity (Wildman–Crippen MR) is 188 cm³/mol. The summed E-state index contributed by atoms with van der Waals surface area (Å²) in [4.78, 5) is 31.4. The number of carbonyl (C=O) groups is 1. The highest BCUT2D eigenvalue weighted by atomic mass is 35.5. The molecule has 9 nitrogen and oxygen atoms in total. The highest BCUT2D eigenvalue weighted by molar-refractivity contribution is 6.32. The van der Waals surface area contributed by atoms with Gasteiger partial charge in [-0.2, -0.15) is 9.78 Å². The second-order valence-corrected chi connectivity index (χ2v) is 11.7. The molecule has 5 aromatic rings. The smallest absolute Gasteiger partial charge is 0.282 e. The number of nitrogens with one attached hydrogen (secondary N) is 1. The summed E-state index contributed by atoms with van der Waals surface area (Å²) >= 11 is 6.66. The van der Waals surface area contributed by atoms with Gasteiger partial charge in [-0.15, -0.1) is 0 Å². The van der Waals surface area contributed by atoms with Crippen LogP contribution in [0.2, 0.25) is 5.02 Å².